The molecule has 0 radical (unpaired) electrons. The molecule has 1 fully saturated rings. The third-order valence-electron chi connectivity index (χ3n) is 3.66. The van der Waals surface area contributed by atoms with Gasteiger partial charge in [-0.1, -0.05) is 12.8 Å². The average Bonchev–Trinajstić information content (AvgIpc) is 2.73. The molecule has 5 nitrogen and oxygen atoms in total. The van der Waals surface area contributed by atoms with Crippen LogP contribution in [0.25, 0.3) is 0 Å². The van der Waals surface area contributed by atoms with Gasteiger partial charge in [0.05, 0.1) is 6.42 Å². The summed E-state index contributed by atoms with van der Waals surface area (Å²) in [5, 5.41) is 11.4. The van der Waals surface area contributed by atoms with E-state index in [1.165, 1.54) is 12.8 Å². The number of likely N-dealkylation sites (N-methyl/N-ethyl adjacent to an activating group) is 1. The van der Waals surface area contributed by atoms with Crippen molar-refractivity contribution in [1.82, 2.24) is 10.2 Å². The van der Waals surface area contributed by atoms with Crippen LogP contribution in [0.5, 0.6) is 0 Å². The molecule has 98 valence electrons. The Labute approximate surface area is 102 Å². The highest BCUT2D eigenvalue weighted by Gasteiger charge is 2.35. The van der Waals surface area contributed by atoms with Crippen LogP contribution >= 0.6 is 0 Å². The Morgan fingerprint density at radius 1 is 1.24 bits per heavy atom. The predicted octanol–water partition coefficient (Wildman–Crippen LogP) is 0.842. The summed E-state index contributed by atoms with van der Waals surface area (Å²) in [6, 6.07) is 0. The Hall–Kier alpha value is -1.10. The molecule has 0 bridgehead atoms. The molecule has 0 unspecified atom stereocenters. The van der Waals surface area contributed by atoms with Gasteiger partial charge >= 0.3 is 5.97 Å². The Bertz CT molecular complexity index is 283. The largest absolute Gasteiger partial charge is 0.481 e. The van der Waals surface area contributed by atoms with Crippen LogP contribution in [-0.2, 0) is 9.59 Å². The van der Waals surface area contributed by atoms with Crippen molar-refractivity contribution in [3.63, 3.8) is 0 Å². The predicted molar refractivity (Wildman–Crippen MR) is 64.8 cm³/mol. The zero-order chi connectivity index (χ0) is 12.9. The van der Waals surface area contributed by atoms with E-state index >= 15 is 0 Å². The van der Waals surface area contributed by atoms with E-state index in [2.05, 4.69) is 10.2 Å². The first-order chi connectivity index (χ1) is 7.96. The first-order valence-electron chi connectivity index (χ1n) is 6.12. The second-order valence-electron chi connectivity index (χ2n) is 5.00. The summed E-state index contributed by atoms with van der Waals surface area (Å²) < 4.78 is 0. The maximum Gasteiger partial charge on any atom is 0.303 e. The van der Waals surface area contributed by atoms with E-state index in [-0.39, 0.29) is 24.3 Å². The summed E-state index contributed by atoms with van der Waals surface area (Å²) in [7, 11) is 4.07. The zero-order valence-corrected chi connectivity index (χ0v) is 10.7. The molecule has 1 aliphatic carbocycles. The molecule has 0 aliphatic heterocycles. The minimum Gasteiger partial charge on any atom is -0.481 e. The Morgan fingerprint density at radius 3 is 2.29 bits per heavy atom. The average molecular weight is 242 g/mol. The van der Waals surface area contributed by atoms with Crippen molar-refractivity contribution in [3.05, 3.63) is 0 Å². The SMILES string of the molecule is CN(C)C1(CNC(=O)CCC(=O)O)CCCC1. The molecule has 0 heterocycles. The molecule has 17 heavy (non-hydrogen) atoms. The standard InChI is InChI=1S/C12H22N2O3/c1-14(2)12(7-3-4-8-12)9-13-10(15)5-6-11(16)17/h3-9H2,1-2H3,(H,13,15)(H,16,17). The molecule has 0 aromatic heterocycles. The first kappa shape index (κ1) is 14.0. The lowest BCUT2D eigenvalue weighted by Crippen LogP contribution is -2.50. The molecule has 0 aromatic rings. The molecule has 0 aromatic carbocycles. The molecular formula is C12H22N2O3. The molecule has 1 saturated carbocycles. The number of hydrogen-bond acceptors (Lipinski definition) is 3. The highest BCUT2D eigenvalue weighted by molar-refractivity contribution is 5.80. The summed E-state index contributed by atoms with van der Waals surface area (Å²) >= 11 is 0. The van der Waals surface area contributed by atoms with Gasteiger partial charge in [0.25, 0.3) is 0 Å². The van der Waals surface area contributed by atoms with E-state index in [0.717, 1.165) is 12.8 Å². The van der Waals surface area contributed by atoms with Crippen molar-refractivity contribution in [2.75, 3.05) is 20.6 Å². The zero-order valence-electron chi connectivity index (χ0n) is 10.7. The molecule has 0 spiro atoms. The lowest BCUT2D eigenvalue weighted by Gasteiger charge is -2.36. The van der Waals surface area contributed by atoms with Gasteiger partial charge in [-0.2, -0.15) is 0 Å². The summed E-state index contributed by atoms with van der Waals surface area (Å²) in [5.41, 5.74) is 0.0683. The Balaban J connectivity index is 2.37. The number of carboxylic acids is 1. The minimum atomic E-state index is -0.927. The number of nitrogens with zero attached hydrogens (tertiary/aromatic N) is 1. The van der Waals surface area contributed by atoms with Crippen LogP contribution in [0.1, 0.15) is 38.5 Å². The summed E-state index contributed by atoms with van der Waals surface area (Å²) in [6.45, 7) is 0.623. The van der Waals surface area contributed by atoms with Crippen LogP contribution in [0, 0.1) is 0 Å². The van der Waals surface area contributed by atoms with E-state index in [1.54, 1.807) is 0 Å². The van der Waals surface area contributed by atoms with Gasteiger partial charge in [0.2, 0.25) is 5.91 Å². The molecule has 1 rings (SSSR count). The summed E-state index contributed by atoms with van der Waals surface area (Å²) in [4.78, 5) is 24.0. The fourth-order valence-corrected chi connectivity index (χ4v) is 2.39. The lowest BCUT2D eigenvalue weighted by atomic mass is 9.96. The lowest BCUT2D eigenvalue weighted by molar-refractivity contribution is -0.138. The number of carbonyl (C=O) groups is 2. The van der Waals surface area contributed by atoms with E-state index in [9.17, 15) is 9.59 Å². The van der Waals surface area contributed by atoms with Crippen LogP contribution in [0.15, 0.2) is 0 Å². The number of rotatable bonds is 6. The van der Waals surface area contributed by atoms with Gasteiger partial charge in [0.1, 0.15) is 0 Å². The Morgan fingerprint density at radius 2 is 1.82 bits per heavy atom. The van der Waals surface area contributed by atoms with Crippen molar-refractivity contribution >= 4 is 11.9 Å². The third kappa shape index (κ3) is 4.00. The number of carbonyl (C=O) groups excluding carboxylic acids is 1. The number of aliphatic carboxylic acids is 1. The number of hydrogen-bond donors (Lipinski definition) is 2. The van der Waals surface area contributed by atoms with Gasteiger partial charge in [0, 0.05) is 18.5 Å². The van der Waals surface area contributed by atoms with E-state index in [1.807, 2.05) is 14.1 Å². The van der Waals surface area contributed by atoms with Gasteiger partial charge in [0.15, 0.2) is 0 Å². The number of amides is 1. The van der Waals surface area contributed by atoms with Crippen molar-refractivity contribution in [2.45, 2.75) is 44.1 Å². The summed E-state index contributed by atoms with van der Waals surface area (Å²) in [6.07, 6.45) is 4.56. The number of carboxylic acid groups (broad SMARTS) is 1. The van der Waals surface area contributed by atoms with Gasteiger partial charge < -0.3 is 15.3 Å². The van der Waals surface area contributed by atoms with Gasteiger partial charge in [-0.05, 0) is 26.9 Å². The van der Waals surface area contributed by atoms with Crippen LogP contribution in [0.4, 0.5) is 0 Å². The van der Waals surface area contributed by atoms with Crippen LogP contribution < -0.4 is 5.32 Å². The third-order valence-corrected chi connectivity index (χ3v) is 3.66. The minimum absolute atomic E-state index is 0.0683. The van der Waals surface area contributed by atoms with E-state index in [4.69, 9.17) is 5.11 Å². The molecular weight excluding hydrogens is 220 g/mol. The molecule has 1 amide bonds. The van der Waals surface area contributed by atoms with E-state index in [0.29, 0.717) is 6.54 Å². The van der Waals surface area contributed by atoms with Crippen molar-refractivity contribution in [2.24, 2.45) is 0 Å². The normalized spacial score (nSPS) is 18.3. The van der Waals surface area contributed by atoms with Crippen molar-refractivity contribution < 1.29 is 14.7 Å². The monoisotopic (exact) mass is 242 g/mol. The van der Waals surface area contributed by atoms with Crippen LogP contribution in [0.3, 0.4) is 0 Å². The molecule has 2 N–H and O–H groups in total. The smallest absolute Gasteiger partial charge is 0.303 e. The second-order valence-corrected chi connectivity index (χ2v) is 5.00. The Kier molecular flexibility index (Phi) is 4.93. The van der Waals surface area contributed by atoms with E-state index < -0.39 is 5.97 Å². The van der Waals surface area contributed by atoms with Crippen molar-refractivity contribution in [3.8, 4) is 0 Å². The van der Waals surface area contributed by atoms with Crippen molar-refractivity contribution in [1.29, 1.82) is 0 Å². The second kappa shape index (κ2) is 6.00. The first-order valence-corrected chi connectivity index (χ1v) is 6.12. The fraction of sp³-hybridized carbons (Fsp3) is 0.833. The highest BCUT2D eigenvalue weighted by Crippen LogP contribution is 2.33. The van der Waals surface area contributed by atoms with Gasteiger partial charge in [-0.3, -0.25) is 9.59 Å². The quantitative estimate of drug-likeness (QED) is 0.724. The highest BCUT2D eigenvalue weighted by atomic mass is 16.4. The topological polar surface area (TPSA) is 69.6 Å². The van der Waals surface area contributed by atoms with Crippen LogP contribution in [0.2, 0.25) is 0 Å². The molecule has 5 heteroatoms. The molecule has 0 saturated heterocycles. The number of nitrogens with one attached hydrogen (secondary N) is 1. The maximum atomic E-state index is 11.5. The van der Waals surface area contributed by atoms with Gasteiger partial charge in [-0.15, -0.1) is 0 Å². The van der Waals surface area contributed by atoms with Crippen LogP contribution in [-0.4, -0.2) is 48.1 Å². The fourth-order valence-electron chi connectivity index (χ4n) is 2.39. The summed E-state index contributed by atoms with van der Waals surface area (Å²) in [5.74, 6) is -1.09. The molecule has 0 atom stereocenters. The maximum absolute atomic E-state index is 11.5. The van der Waals surface area contributed by atoms with Gasteiger partial charge in [-0.25, -0.2) is 0 Å². The molecule has 1 aliphatic rings.